The normalized spacial score (nSPS) is 22.6. The Morgan fingerprint density at radius 3 is 2.55 bits per heavy atom. The number of para-hydroxylation sites is 1. The van der Waals surface area contributed by atoms with E-state index in [9.17, 15) is 9.90 Å². The highest BCUT2D eigenvalue weighted by Crippen LogP contribution is 2.54. The number of nitrogens with zero attached hydrogens (tertiary/aromatic N) is 2. The van der Waals surface area contributed by atoms with Crippen LogP contribution in [0.5, 0.6) is 11.5 Å². The largest absolute Gasteiger partial charge is 0.508 e. The number of likely N-dealkylation sites (N-methyl/N-ethyl adjacent to an activating group) is 1. The number of carboxylic acids is 1. The number of carbonyl (C=O) groups is 1. The fourth-order valence-electron chi connectivity index (χ4n) is 4.65. The molecule has 3 N–H and O–H groups in total. The SMILES string of the molecule is CCCN1CCC2(C)c3cc(O)cc(Br)c3N(C)C12.O=C(O)c1ccccc1O. The number of hydrogen-bond donors (Lipinski definition) is 3. The predicted molar refractivity (Wildman–Crippen MR) is 117 cm³/mol. The van der Waals surface area contributed by atoms with E-state index in [2.05, 4.69) is 46.6 Å². The van der Waals surface area contributed by atoms with Crippen LogP contribution in [0.1, 0.15) is 42.6 Å². The zero-order valence-electron chi connectivity index (χ0n) is 16.9. The number of aromatic carboxylic acids is 1. The molecule has 156 valence electrons. The molecule has 1 fully saturated rings. The van der Waals surface area contributed by atoms with Crippen LogP contribution in [0.25, 0.3) is 0 Å². The van der Waals surface area contributed by atoms with E-state index in [0.717, 1.165) is 24.0 Å². The first-order valence-corrected chi connectivity index (χ1v) is 10.5. The first-order valence-electron chi connectivity index (χ1n) is 9.71. The van der Waals surface area contributed by atoms with Gasteiger partial charge in [-0.2, -0.15) is 0 Å². The predicted octanol–water partition coefficient (Wildman–Crippen LogP) is 4.39. The minimum absolute atomic E-state index is 0.0671. The number of rotatable bonds is 3. The van der Waals surface area contributed by atoms with Crippen LogP contribution in [-0.4, -0.2) is 52.5 Å². The summed E-state index contributed by atoms with van der Waals surface area (Å²) in [6, 6.07) is 9.56. The number of aromatic hydroxyl groups is 2. The molecule has 2 atom stereocenters. The number of benzene rings is 2. The summed E-state index contributed by atoms with van der Waals surface area (Å²) in [5.41, 5.74) is 2.58. The van der Waals surface area contributed by atoms with Gasteiger partial charge in [0.2, 0.25) is 0 Å². The van der Waals surface area contributed by atoms with Crippen molar-refractivity contribution in [1.82, 2.24) is 4.90 Å². The van der Waals surface area contributed by atoms with Crippen molar-refractivity contribution >= 4 is 27.6 Å². The van der Waals surface area contributed by atoms with E-state index in [1.54, 1.807) is 18.2 Å². The highest BCUT2D eigenvalue weighted by molar-refractivity contribution is 9.10. The standard InChI is InChI=1S/C15H21BrN2O.C7H6O3/c1-4-6-18-7-5-15(2)11-8-10(19)9-12(16)13(11)17(3)14(15)18;8-6-4-2-1-3-5(6)7(9)10/h8-9,14,19H,4-7H2,1-3H3;1-4,8H,(H,9,10). The van der Waals surface area contributed by atoms with Crippen LogP contribution < -0.4 is 4.90 Å². The maximum Gasteiger partial charge on any atom is 0.339 e. The van der Waals surface area contributed by atoms with Crippen LogP contribution in [0.3, 0.4) is 0 Å². The molecule has 4 rings (SSSR count). The second-order valence-corrected chi connectivity index (χ2v) is 8.69. The quantitative estimate of drug-likeness (QED) is 0.626. The summed E-state index contributed by atoms with van der Waals surface area (Å²) in [6.07, 6.45) is 2.76. The highest BCUT2D eigenvalue weighted by Gasteiger charge is 2.53. The molecule has 2 aromatic carbocycles. The van der Waals surface area contributed by atoms with Crippen molar-refractivity contribution in [1.29, 1.82) is 0 Å². The van der Waals surface area contributed by atoms with E-state index in [1.807, 2.05) is 6.07 Å². The van der Waals surface area contributed by atoms with Crippen LogP contribution in [0.4, 0.5) is 5.69 Å². The Morgan fingerprint density at radius 1 is 1.28 bits per heavy atom. The minimum atomic E-state index is -1.11. The zero-order chi connectivity index (χ0) is 21.3. The number of carboxylic acid groups (broad SMARTS) is 1. The number of likely N-dealkylation sites (tertiary alicyclic amines) is 1. The van der Waals surface area contributed by atoms with Crippen LogP contribution in [0, 0.1) is 0 Å². The number of hydrogen-bond acceptors (Lipinski definition) is 5. The molecule has 29 heavy (non-hydrogen) atoms. The summed E-state index contributed by atoms with van der Waals surface area (Å²) in [6.45, 7) is 6.86. The Kier molecular flexibility index (Phi) is 6.10. The van der Waals surface area contributed by atoms with Gasteiger partial charge in [-0.3, -0.25) is 4.90 Å². The molecule has 0 aliphatic carbocycles. The van der Waals surface area contributed by atoms with Gasteiger partial charge in [-0.25, -0.2) is 4.79 Å². The topological polar surface area (TPSA) is 84.2 Å². The molecule has 6 nitrogen and oxygen atoms in total. The Morgan fingerprint density at radius 2 is 1.97 bits per heavy atom. The molecule has 0 aromatic heterocycles. The Hall–Kier alpha value is -2.25. The molecule has 0 radical (unpaired) electrons. The number of phenols is 2. The van der Waals surface area contributed by atoms with Gasteiger partial charge in [0.15, 0.2) is 0 Å². The van der Waals surface area contributed by atoms with Crippen molar-refractivity contribution in [3.63, 3.8) is 0 Å². The third-order valence-corrected chi connectivity index (χ3v) is 6.47. The average Bonchev–Trinajstić information content (AvgIpc) is 3.09. The van der Waals surface area contributed by atoms with E-state index >= 15 is 0 Å². The Balaban J connectivity index is 0.000000204. The monoisotopic (exact) mass is 462 g/mol. The molecule has 1 saturated heterocycles. The van der Waals surface area contributed by atoms with Crippen molar-refractivity contribution in [2.24, 2.45) is 0 Å². The number of phenolic OH excluding ortho intramolecular Hbond substituents is 1. The molecule has 7 heteroatoms. The lowest BCUT2D eigenvalue weighted by Gasteiger charge is -2.34. The summed E-state index contributed by atoms with van der Waals surface area (Å²) < 4.78 is 0.997. The van der Waals surface area contributed by atoms with E-state index < -0.39 is 5.97 Å². The van der Waals surface area contributed by atoms with Crippen LogP contribution in [0.15, 0.2) is 40.9 Å². The summed E-state index contributed by atoms with van der Waals surface area (Å²) in [4.78, 5) is 15.2. The van der Waals surface area contributed by atoms with Gasteiger partial charge in [0.05, 0.1) is 11.9 Å². The molecule has 2 heterocycles. The minimum Gasteiger partial charge on any atom is -0.508 e. The van der Waals surface area contributed by atoms with Crippen LogP contribution in [-0.2, 0) is 5.41 Å². The molecule has 0 amide bonds. The van der Waals surface area contributed by atoms with Crippen molar-refractivity contribution in [2.45, 2.75) is 38.3 Å². The molecular formula is C22H27BrN2O4. The third-order valence-electron chi connectivity index (χ3n) is 5.86. The van der Waals surface area contributed by atoms with Crippen molar-refractivity contribution < 1.29 is 20.1 Å². The molecule has 0 bridgehead atoms. The molecule has 2 aromatic rings. The zero-order valence-corrected chi connectivity index (χ0v) is 18.5. The number of halogens is 1. The molecule has 2 unspecified atom stereocenters. The van der Waals surface area contributed by atoms with E-state index in [1.165, 1.54) is 29.8 Å². The Labute approximate surface area is 179 Å². The fraction of sp³-hybridized carbons (Fsp3) is 0.409. The lowest BCUT2D eigenvalue weighted by molar-refractivity contribution is 0.0693. The molecule has 2 aliphatic rings. The number of fused-ring (bicyclic) bond motifs is 3. The maximum absolute atomic E-state index is 10.3. The van der Waals surface area contributed by atoms with Gasteiger partial charge in [-0.15, -0.1) is 0 Å². The van der Waals surface area contributed by atoms with Crippen LogP contribution >= 0.6 is 15.9 Å². The van der Waals surface area contributed by atoms with Crippen molar-refractivity contribution in [3.8, 4) is 11.5 Å². The third kappa shape index (κ3) is 3.81. The summed E-state index contributed by atoms with van der Waals surface area (Å²) in [5, 5.41) is 27.2. The van der Waals surface area contributed by atoms with Crippen molar-refractivity contribution in [3.05, 3.63) is 52.0 Å². The summed E-state index contributed by atoms with van der Waals surface area (Å²) >= 11 is 3.61. The van der Waals surface area contributed by atoms with E-state index in [0.29, 0.717) is 11.9 Å². The Bertz CT molecular complexity index is 920. The smallest absolute Gasteiger partial charge is 0.339 e. The van der Waals surface area contributed by atoms with Gasteiger partial charge in [0.1, 0.15) is 17.1 Å². The second-order valence-electron chi connectivity index (χ2n) is 7.83. The molecule has 0 spiro atoms. The van der Waals surface area contributed by atoms with Gasteiger partial charge in [-0.05, 0) is 65.1 Å². The van der Waals surface area contributed by atoms with Crippen LogP contribution in [0.2, 0.25) is 0 Å². The van der Waals surface area contributed by atoms with Gasteiger partial charge >= 0.3 is 5.97 Å². The van der Waals surface area contributed by atoms with Crippen molar-refractivity contribution in [2.75, 3.05) is 25.0 Å². The van der Waals surface area contributed by atoms with Gasteiger partial charge in [0, 0.05) is 23.5 Å². The van der Waals surface area contributed by atoms with Gasteiger partial charge in [-0.1, -0.05) is 26.0 Å². The lowest BCUT2D eigenvalue weighted by Crippen LogP contribution is -2.47. The average molecular weight is 463 g/mol. The van der Waals surface area contributed by atoms with Gasteiger partial charge < -0.3 is 20.2 Å². The first-order chi connectivity index (χ1) is 13.7. The van der Waals surface area contributed by atoms with Gasteiger partial charge in [0.25, 0.3) is 0 Å². The number of anilines is 1. The van der Waals surface area contributed by atoms with E-state index in [-0.39, 0.29) is 16.7 Å². The lowest BCUT2D eigenvalue weighted by atomic mass is 9.81. The maximum atomic E-state index is 10.3. The van der Waals surface area contributed by atoms with E-state index in [4.69, 9.17) is 10.2 Å². The second kappa shape index (κ2) is 8.24. The highest BCUT2D eigenvalue weighted by atomic mass is 79.9. The fourth-order valence-corrected chi connectivity index (χ4v) is 5.38. The summed E-state index contributed by atoms with van der Waals surface area (Å²) in [5.74, 6) is -0.956. The summed E-state index contributed by atoms with van der Waals surface area (Å²) in [7, 11) is 2.17. The molecule has 2 aliphatic heterocycles. The molecule has 0 saturated carbocycles. The molecular weight excluding hydrogens is 436 g/mol. The first kappa shape index (κ1) is 21.5.